The van der Waals surface area contributed by atoms with E-state index >= 15 is 0 Å². The molecule has 138 valence electrons. The smallest absolute Gasteiger partial charge is 0.271 e. The molecule has 1 aromatic heterocycles. The van der Waals surface area contributed by atoms with Gasteiger partial charge in [-0.25, -0.2) is 4.98 Å². The molecular formula is C20H12IN3O4. The van der Waals surface area contributed by atoms with Crippen molar-refractivity contribution in [2.24, 2.45) is 0 Å². The van der Waals surface area contributed by atoms with Crippen molar-refractivity contribution >= 4 is 51.0 Å². The van der Waals surface area contributed by atoms with E-state index in [0.717, 1.165) is 3.57 Å². The molecule has 4 rings (SSSR count). The highest BCUT2D eigenvalue weighted by Crippen LogP contribution is 2.31. The first-order chi connectivity index (χ1) is 13.5. The van der Waals surface area contributed by atoms with Gasteiger partial charge in [-0.05, 0) is 65.1 Å². The van der Waals surface area contributed by atoms with Gasteiger partial charge >= 0.3 is 0 Å². The van der Waals surface area contributed by atoms with Gasteiger partial charge in [-0.15, -0.1) is 0 Å². The average Bonchev–Trinajstić information content (AvgIpc) is 3.12. The van der Waals surface area contributed by atoms with Gasteiger partial charge in [-0.2, -0.15) is 0 Å². The Morgan fingerprint density at radius 1 is 1.07 bits per heavy atom. The topological polar surface area (TPSA) is 98.3 Å². The summed E-state index contributed by atoms with van der Waals surface area (Å²) >= 11 is 2.17. The van der Waals surface area contributed by atoms with Crippen LogP contribution < -0.4 is 5.32 Å². The van der Waals surface area contributed by atoms with Crippen LogP contribution in [0.4, 0.5) is 11.4 Å². The molecule has 0 unspecified atom stereocenters. The molecule has 7 nitrogen and oxygen atoms in total. The number of para-hydroxylation sites is 1. The summed E-state index contributed by atoms with van der Waals surface area (Å²) in [6.07, 6.45) is 0. The molecule has 0 spiro atoms. The number of hydrogen-bond donors (Lipinski definition) is 1. The zero-order valence-electron chi connectivity index (χ0n) is 14.3. The van der Waals surface area contributed by atoms with Crippen LogP contribution in [0.5, 0.6) is 0 Å². The maximum Gasteiger partial charge on any atom is 0.271 e. The number of amides is 1. The number of carbonyl (C=O) groups excluding carboxylic acids is 1. The van der Waals surface area contributed by atoms with E-state index in [0.29, 0.717) is 27.9 Å². The minimum absolute atomic E-state index is 0.0624. The number of nitrogens with one attached hydrogen (secondary N) is 1. The number of oxazole rings is 1. The Morgan fingerprint density at radius 2 is 1.82 bits per heavy atom. The van der Waals surface area contributed by atoms with Gasteiger partial charge in [-0.3, -0.25) is 14.9 Å². The van der Waals surface area contributed by atoms with Gasteiger partial charge in [0.05, 0.1) is 16.2 Å². The molecule has 0 aliphatic heterocycles. The molecule has 1 N–H and O–H groups in total. The maximum absolute atomic E-state index is 12.6. The van der Waals surface area contributed by atoms with Gasteiger partial charge < -0.3 is 9.73 Å². The fraction of sp³-hybridized carbons (Fsp3) is 0. The molecule has 4 aromatic rings. The first-order valence-corrected chi connectivity index (χ1v) is 9.30. The Kier molecular flexibility index (Phi) is 4.78. The molecule has 0 saturated heterocycles. The minimum atomic E-state index is -0.483. The molecule has 1 amide bonds. The van der Waals surface area contributed by atoms with Gasteiger partial charge in [0.15, 0.2) is 5.58 Å². The molecule has 0 aliphatic rings. The Bertz CT molecular complexity index is 1200. The molecule has 0 atom stereocenters. The Balaban J connectivity index is 1.69. The number of fused-ring (bicyclic) bond motifs is 1. The molecule has 0 bridgehead atoms. The highest BCUT2D eigenvalue weighted by Gasteiger charge is 2.16. The van der Waals surface area contributed by atoms with Crippen molar-refractivity contribution in [1.82, 2.24) is 4.98 Å². The molecule has 0 saturated carbocycles. The summed E-state index contributed by atoms with van der Waals surface area (Å²) in [5.41, 5.74) is 2.39. The van der Waals surface area contributed by atoms with Gasteiger partial charge in [0.1, 0.15) is 5.52 Å². The van der Waals surface area contributed by atoms with Crippen LogP contribution in [0, 0.1) is 13.7 Å². The minimum Gasteiger partial charge on any atom is -0.436 e. The van der Waals surface area contributed by atoms with Crippen LogP contribution >= 0.6 is 22.6 Å². The van der Waals surface area contributed by atoms with E-state index in [2.05, 4.69) is 32.9 Å². The van der Waals surface area contributed by atoms with Crippen LogP contribution in [-0.4, -0.2) is 15.8 Å². The zero-order valence-corrected chi connectivity index (χ0v) is 16.4. The van der Waals surface area contributed by atoms with Crippen molar-refractivity contribution in [3.63, 3.8) is 0 Å². The van der Waals surface area contributed by atoms with Crippen LogP contribution in [0.3, 0.4) is 0 Å². The van der Waals surface area contributed by atoms with E-state index in [1.807, 2.05) is 12.1 Å². The summed E-state index contributed by atoms with van der Waals surface area (Å²) in [6.45, 7) is 0. The number of aromatic nitrogens is 1. The number of rotatable bonds is 4. The fourth-order valence-corrected chi connectivity index (χ4v) is 3.08. The Hall–Kier alpha value is -3.27. The van der Waals surface area contributed by atoms with Crippen LogP contribution in [0.15, 0.2) is 71.1 Å². The lowest BCUT2D eigenvalue weighted by Gasteiger charge is -2.09. The summed E-state index contributed by atoms with van der Waals surface area (Å²) in [5.74, 6) is 0.0182. The van der Waals surface area contributed by atoms with Gasteiger partial charge in [0, 0.05) is 21.3 Å². The largest absolute Gasteiger partial charge is 0.436 e. The fourth-order valence-electron chi connectivity index (χ4n) is 2.72. The predicted molar refractivity (Wildman–Crippen MR) is 113 cm³/mol. The highest BCUT2D eigenvalue weighted by atomic mass is 127. The number of non-ortho nitro benzene ring substituents is 1. The van der Waals surface area contributed by atoms with Crippen molar-refractivity contribution < 1.29 is 14.1 Å². The quantitative estimate of drug-likeness (QED) is 0.242. The third kappa shape index (κ3) is 3.58. The average molecular weight is 485 g/mol. The summed E-state index contributed by atoms with van der Waals surface area (Å²) < 4.78 is 6.78. The van der Waals surface area contributed by atoms with Crippen molar-refractivity contribution in [2.45, 2.75) is 0 Å². The number of nitrogens with zero attached hydrogens (tertiary/aromatic N) is 2. The van der Waals surface area contributed by atoms with Gasteiger partial charge in [0.25, 0.3) is 11.6 Å². The van der Waals surface area contributed by atoms with E-state index in [9.17, 15) is 14.9 Å². The Labute approximate surface area is 172 Å². The third-order valence-electron chi connectivity index (χ3n) is 4.09. The lowest BCUT2D eigenvalue weighted by Crippen LogP contribution is -2.12. The number of anilines is 1. The molecule has 8 heteroatoms. The van der Waals surface area contributed by atoms with Gasteiger partial charge in [-0.1, -0.05) is 12.1 Å². The summed E-state index contributed by atoms with van der Waals surface area (Å²) in [6, 6.07) is 18.5. The van der Waals surface area contributed by atoms with Crippen LogP contribution in [0.25, 0.3) is 22.6 Å². The van der Waals surface area contributed by atoms with Gasteiger partial charge in [0.2, 0.25) is 5.89 Å². The molecule has 1 heterocycles. The van der Waals surface area contributed by atoms with E-state index in [1.165, 1.54) is 18.2 Å². The lowest BCUT2D eigenvalue weighted by atomic mass is 10.1. The van der Waals surface area contributed by atoms with Crippen molar-refractivity contribution in [3.05, 3.63) is 86.0 Å². The Morgan fingerprint density at radius 3 is 2.57 bits per heavy atom. The highest BCUT2D eigenvalue weighted by molar-refractivity contribution is 14.1. The van der Waals surface area contributed by atoms with Crippen LogP contribution in [0.2, 0.25) is 0 Å². The number of benzene rings is 3. The standard InChI is InChI=1S/C20H12IN3O4/c21-13-7-5-12(6-8-13)19(25)22-16-4-2-1-3-15(16)20-23-17-11-14(24(26)27)9-10-18(17)28-20/h1-11H,(H,22,25). The van der Waals surface area contributed by atoms with E-state index in [-0.39, 0.29) is 17.5 Å². The first-order valence-electron chi connectivity index (χ1n) is 8.22. The zero-order chi connectivity index (χ0) is 19.7. The van der Waals surface area contributed by atoms with E-state index in [4.69, 9.17) is 4.42 Å². The summed E-state index contributed by atoms with van der Waals surface area (Å²) in [7, 11) is 0. The van der Waals surface area contributed by atoms with Crippen molar-refractivity contribution in [1.29, 1.82) is 0 Å². The predicted octanol–water partition coefficient (Wildman–Crippen LogP) is 5.26. The van der Waals surface area contributed by atoms with Crippen LogP contribution in [-0.2, 0) is 0 Å². The second-order valence-electron chi connectivity index (χ2n) is 5.93. The second kappa shape index (κ2) is 7.39. The normalized spacial score (nSPS) is 10.8. The van der Waals surface area contributed by atoms with Crippen molar-refractivity contribution in [3.8, 4) is 11.5 Å². The van der Waals surface area contributed by atoms with E-state index < -0.39 is 4.92 Å². The molecule has 0 aliphatic carbocycles. The number of nitro groups is 1. The summed E-state index contributed by atoms with van der Waals surface area (Å²) in [4.78, 5) is 27.4. The molecular weight excluding hydrogens is 473 g/mol. The number of carbonyl (C=O) groups is 1. The maximum atomic E-state index is 12.6. The SMILES string of the molecule is O=C(Nc1ccccc1-c1nc2cc([N+](=O)[O-])ccc2o1)c1ccc(I)cc1. The third-order valence-corrected chi connectivity index (χ3v) is 4.81. The second-order valence-corrected chi connectivity index (χ2v) is 7.18. The summed E-state index contributed by atoms with van der Waals surface area (Å²) in [5, 5.41) is 13.8. The van der Waals surface area contributed by atoms with E-state index in [1.54, 1.807) is 36.4 Å². The van der Waals surface area contributed by atoms with Crippen molar-refractivity contribution in [2.75, 3.05) is 5.32 Å². The number of halogens is 1. The monoisotopic (exact) mass is 485 g/mol. The molecule has 3 aromatic carbocycles. The number of hydrogen-bond acceptors (Lipinski definition) is 5. The van der Waals surface area contributed by atoms with Crippen LogP contribution in [0.1, 0.15) is 10.4 Å². The molecule has 0 radical (unpaired) electrons. The molecule has 28 heavy (non-hydrogen) atoms. The number of nitro benzene ring substituents is 1. The first kappa shape index (κ1) is 18.1. The lowest BCUT2D eigenvalue weighted by molar-refractivity contribution is -0.384. The molecule has 0 fully saturated rings.